The van der Waals surface area contributed by atoms with Crippen LogP contribution in [0.3, 0.4) is 0 Å². The van der Waals surface area contributed by atoms with Gasteiger partial charge in [0.1, 0.15) is 11.4 Å². The number of aromatic nitrogens is 1. The number of nitro groups is 2. The lowest BCUT2D eigenvalue weighted by Crippen LogP contribution is -2.10. The van der Waals surface area contributed by atoms with Crippen LogP contribution in [0.1, 0.15) is 31.9 Å². The highest BCUT2D eigenvalue weighted by atomic mass is 16.6. The van der Waals surface area contributed by atoms with Crippen LogP contribution in [0.2, 0.25) is 0 Å². The molecule has 276 valence electrons. The van der Waals surface area contributed by atoms with Gasteiger partial charge in [-0.1, -0.05) is 136 Å². The van der Waals surface area contributed by atoms with E-state index in [1.54, 1.807) is 7.11 Å². The first kappa shape index (κ1) is 35.9. The molecule has 8 aromatic rings. The first-order valence-corrected chi connectivity index (χ1v) is 18.4. The highest BCUT2D eigenvalue weighted by Gasteiger charge is 2.31. The highest BCUT2D eigenvalue weighted by Crippen LogP contribution is 2.54. The van der Waals surface area contributed by atoms with Crippen LogP contribution in [0, 0.1) is 27.2 Å². The second kappa shape index (κ2) is 14.0. The molecule has 0 aliphatic carbocycles. The highest BCUT2D eigenvalue weighted by molar-refractivity contribution is 6.26. The molecule has 56 heavy (non-hydrogen) atoms. The van der Waals surface area contributed by atoms with Crippen LogP contribution in [0.25, 0.3) is 72.0 Å². The largest absolute Gasteiger partial charge is 0.497 e. The Balaban J connectivity index is 1.70. The fraction of sp³-hybridized carbons (Fsp3) is 0.125. The van der Waals surface area contributed by atoms with Crippen LogP contribution >= 0.6 is 0 Å². The minimum atomic E-state index is -0.603. The summed E-state index contributed by atoms with van der Waals surface area (Å²) in [4.78, 5) is 23.7. The molecule has 8 rings (SSSR count). The molecule has 0 atom stereocenters. The summed E-state index contributed by atoms with van der Waals surface area (Å²) < 4.78 is 7.55. The number of fused-ring (bicyclic) bond motifs is 3. The van der Waals surface area contributed by atoms with E-state index in [9.17, 15) is 20.2 Å². The van der Waals surface area contributed by atoms with Crippen molar-refractivity contribution >= 4 is 33.2 Å². The number of benzene rings is 7. The predicted molar refractivity (Wildman–Crippen MR) is 226 cm³/mol. The molecule has 1 aromatic heterocycles. The molecule has 0 bridgehead atoms. The van der Waals surface area contributed by atoms with Gasteiger partial charge in [0.25, 0.3) is 11.4 Å². The molecule has 0 N–H and O–H groups in total. The molecule has 0 aliphatic heterocycles. The Morgan fingerprint density at radius 2 is 1.14 bits per heavy atom. The van der Waals surface area contributed by atoms with Crippen molar-refractivity contribution in [3.8, 4) is 55.9 Å². The number of nitrogens with zero attached hydrogens (tertiary/aromatic N) is 3. The molecule has 0 amide bonds. The van der Waals surface area contributed by atoms with E-state index >= 15 is 0 Å². The fourth-order valence-electron chi connectivity index (χ4n) is 7.80. The molecule has 1 heterocycles. The Labute approximate surface area is 324 Å². The van der Waals surface area contributed by atoms with E-state index < -0.39 is 9.85 Å². The van der Waals surface area contributed by atoms with Crippen molar-refractivity contribution in [2.75, 3.05) is 7.11 Å². The van der Waals surface area contributed by atoms with Gasteiger partial charge in [-0.25, -0.2) is 0 Å². The number of para-hydroxylation sites is 1. The molecule has 0 spiro atoms. The average molecular weight is 738 g/mol. The summed E-state index contributed by atoms with van der Waals surface area (Å²) in [6.07, 6.45) is 0. The van der Waals surface area contributed by atoms with Crippen molar-refractivity contribution in [1.29, 1.82) is 0 Å². The first-order valence-electron chi connectivity index (χ1n) is 18.4. The summed E-state index contributed by atoms with van der Waals surface area (Å²) in [6.45, 7) is 8.62. The average Bonchev–Trinajstić information content (AvgIpc) is 3.54. The maximum atomic E-state index is 12.9. The Morgan fingerprint density at radius 3 is 1.75 bits per heavy atom. The summed E-state index contributed by atoms with van der Waals surface area (Å²) in [5.41, 5.74) is 10.7. The maximum Gasteiger partial charge on any atom is 0.300 e. The molecule has 0 fully saturated rings. The Bertz CT molecular complexity index is 2800. The quantitative estimate of drug-likeness (QED) is 0.114. The van der Waals surface area contributed by atoms with Crippen LogP contribution in [0.15, 0.2) is 146 Å². The van der Waals surface area contributed by atoms with Gasteiger partial charge in [-0.15, -0.1) is 0 Å². The van der Waals surface area contributed by atoms with Gasteiger partial charge in [0.15, 0.2) is 0 Å². The molecule has 0 aliphatic rings. The SMILES string of the molecule is COc1ccc(-c2c(-c3ccc(C(C)(C)C)cc3)c(-c3ccc(C)cc3)c3c(c2-c2ccccc2)c2ccccc2n3-c2ccc([N+](=O)[O-])cc2[N+](=O)[O-])cc1. The van der Waals surface area contributed by atoms with E-state index in [0.29, 0.717) is 0 Å². The van der Waals surface area contributed by atoms with E-state index in [-0.39, 0.29) is 22.5 Å². The van der Waals surface area contributed by atoms with Gasteiger partial charge in [0.05, 0.1) is 34.1 Å². The molecule has 8 nitrogen and oxygen atoms in total. The van der Waals surface area contributed by atoms with Gasteiger partial charge in [-0.2, -0.15) is 0 Å². The van der Waals surface area contributed by atoms with Crippen LogP contribution in [-0.2, 0) is 5.41 Å². The predicted octanol–water partition coefficient (Wildman–Crippen LogP) is 12.9. The van der Waals surface area contributed by atoms with Crippen molar-refractivity contribution in [3.05, 3.63) is 177 Å². The van der Waals surface area contributed by atoms with E-state index in [0.717, 1.165) is 83.7 Å². The zero-order valence-electron chi connectivity index (χ0n) is 31.7. The van der Waals surface area contributed by atoms with Crippen LogP contribution < -0.4 is 4.74 Å². The number of ether oxygens (including phenoxy) is 1. The van der Waals surface area contributed by atoms with Crippen LogP contribution in [-0.4, -0.2) is 21.5 Å². The van der Waals surface area contributed by atoms with E-state index in [1.807, 2.05) is 66.1 Å². The number of non-ortho nitro benzene ring substituents is 1. The van der Waals surface area contributed by atoms with Gasteiger partial charge in [-0.05, 0) is 70.0 Å². The Kier molecular flexibility index (Phi) is 8.97. The fourth-order valence-corrected chi connectivity index (χ4v) is 7.80. The number of hydrogen-bond donors (Lipinski definition) is 0. The lowest BCUT2D eigenvalue weighted by atomic mass is 9.79. The van der Waals surface area contributed by atoms with Gasteiger partial charge in [-0.3, -0.25) is 20.2 Å². The minimum Gasteiger partial charge on any atom is -0.497 e. The summed E-state index contributed by atoms with van der Waals surface area (Å²) in [6, 6.07) is 47.2. The minimum absolute atomic E-state index is 0.0858. The number of nitro benzene ring substituents is 2. The molecular weight excluding hydrogens is 699 g/mol. The summed E-state index contributed by atoms with van der Waals surface area (Å²) in [7, 11) is 1.65. The van der Waals surface area contributed by atoms with Gasteiger partial charge in [0, 0.05) is 33.5 Å². The third-order valence-electron chi connectivity index (χ3n) is 10.5. The molecule has 7 aromatic carbocycles. The summed E-state index contributed by atoms with van der Waals surface area (Å²) >= 11 is 0. The standard InChI is InChI=1S/C48H39N3O5/c1-30-15-17-34(18-16-30)45-43(32-19-23-35(24-20-32)48(2,3)4)42(33-21-26-37(56-5)27-22-33)44(31-11-7-6-8-12-31)46-38-13-9-10-14-39(38)49(47(45)46)40-28-25-36(50(52)53)29-41(40)51(54)55/h6-29H,1-5H3. The lowest BCUT2D eigenvalue weighted by molar-refractivity contribution is -0.394. The molecule has 0 radical (unpaired) electrons. The van der Waals surface area contributed by atoms with Gasteiger partial charge in [0.2, 0.25) is 0 Å². The number of rotatable bonds is 8. The monoisotopic (exact) mass is 737 g/mol. The lowest BCUT2D eigenvalue weighted by Gasteiger charge is -2.25. The zero-order valence-corrected chi connectivity index (χ0v) is 31.7. The van der Waals surface area contributed by atoms with Gasteiger partial charge >= 0.3 is 0 Å². The molecule has 0 saturated carbocycles. The zero-order chi connectivity index (χ0) is 39.3. The smallest absolute Gasteiger partial charge is 0.300 e. The third-order valence-corrected chi connectivity index (χ3v) is 10.5. The molecule has 0 unspecified atom stereocenters. The Morgan fingerprint density at radius 1 is 0.589 bits per heavy atom. The molecular formula is C48H39N3O5. The number of aryl methyl sites for hydroxylation is 1. The molecule has 8 heteroatoms. The van der Waals surface area contributed by atoms with Crippen molar-refractivity contribution < 1.29 is 14.6 Å². The normalized spacial score (nSPS) is 11.6. The van der Waals surface area contributed by atoms with E-state index in [2.05, 4.69) is 93.6 Å². The topological polar surface area (TPSA) is 100 Å². The van der Waals surface area contributed by atoms with Crippen molar-refractivity contribution in [1.82, 2.24) is 4.57 Å². The number of hydrogen-bond acceptors (Lipinski definition) is 5. The summed E-state index contributed by atoms with van der Waals surface area (Å²) in [5, 5.41) is 26.6. The van der Waals surface area contributed by atoms with E-state index in [4.69, 9.17) is 4.74 Å². The Hall–Kier alpha value is -7.06. The third kappa shape index (κ3) is 6.15. The van der Waals surface area contributed by atoms with Crippen molar-refractivity contribution in [2.24, 2.45) is 0 Å². The second-order valence-corrected chi connectivity index (χ2v) is 15.1. The van der Waals surface area contributed by atoms with Crippen molar-refractivity contribution in [2.45, 2.75) is 33.1 Å². The van der Waals surface area contributed by atoms with Crippen LogP contribution in [0.5, 0.6) is 5.75 Å². The first-order chi connectivity index (χ1) is 27.0. The van der Waals surface area contributed by atoms with Crippen molar-refractivity contribution in [3.63, 3.8) is 0 Å². The second-order valence-electron chi connectivity index (χ2n) is 15.1. The summed E-state index contributed by atoms with van der Waals surface area (Å²) in [5.74, 6) is 0.730. The van der Waals surface area contributed by atoms with Gasteiger partial charge < -0.3 is 9.30 Å². The van der Waals surface area contributed by atoms with Crippen LogP contribution in [0.4, 0.5) is 11.4 Å². The van der Waals surface area contributed by atoms with E-state index in [1.165, 1.54) is 17.7 Å². The molecule has 0 saturated heterocycles. The maximum absolute atomic E-state index is 12.9. The number of methoxy groups -OCH3 is 1.